The van der Waals surface area contributed by atoms with Crippen molar-refractivity contribution in [2.45, 2.75) is 18.6 Å². The van der Waals surface area contributed by atoms with Gasteiger partial charge in [-0.2, -0.15) is 0 Å². The quantitative estimate of drug-likeness (QED) is 0.590. The van der Waals surface area contributed by atoms with Crippen LogP contribution in [0.4, 0.5) is 0 Å². The molecule has 4 rings (SSSR count). The second kappa shape index (κ2) is 9.23. The summed E-state index contributed by atoms with van der Waals surface area (Å²) in [5.41, 5.74) is 4.10. The lowest BCUT2D eigenvalue weighted by Crippen LogP contribution is -2.43. The molecule has 160 valence electrons. The van der Waals surface area contributed by atoms with Crippen LogP contribution in [0, 0.1) is 0 Å². The SMILES string of the molecule is COc1cc2c(cc1OC)[C@H](c1ccccc1)N(C(=O)[C@@H](OC)c1ccccc1)CC2. The van der Waals surface area contributed by atoms with Crippen molar-refractivity contribution in [2.24, 2.45) is 0 Å². The Morgan fingerprint density at radius 2 is 1.52 bits per heavy atom. The lowest BCUT2D eigenvalue weighted by molar-refractivity contribution is -0.144. The Balaban J connectivity index is 1.81. The Hall–Kier alpha value is -3.31. The van der Waals surface area contributed by atoms with Gasteiger partial charge in [-0.15, -0.1) is 0 Å². The number of methoxy groups -OCH3 is 3. The number of hydrogen-bond acceptors (Lipinski definition) is 4. The number of ether oxygens (including phenoxy) is 3. The predicted octanol–water partition coefficient (Wildman–Crippen LogP) is 4.57. The van der Waals surface area contributed by atoms with E-state index in [1.165, 1.54) is 0 Å². The first-order valence-electron chi connectivity index (χ1n) is 10.4. The molecule has 31 heavy (non-hydrogen) atoms. The summed E-state index contributed by atoms with van der Waals surface area (Å²) >= 11 is 0. The number of fused-ring (bicyclic) bond motifs is 1. The van der Waals surface area contributed by atoms with Crippen molar-refractivity contribution in [3.8, 4) is 11.5 Å². The highest BCUT2D eigenvalue weighted by atomic mass is 16.5. The number of carbonyl (C=O) groups excluding carboxylic acids is 1. The van der Waals surface area contributed by atoms with E-state index in [1.54, 1.807) is 21.3 Å². The summed E-state index contributed by atoms with van der Waals surface area (Å²) in [6, 6.07) is 23.5. The molecule has 0 bridgehead atoms. The van der Waals surface area contributed by atoms with Gasteiger partial charge in [-0.1, -0.05) is 60.7 Å². The van der Waals surface area contributed by atoms with Crippen LogP contribution < -0.4 is 9.47 Å². The van der Waals surface area contributed by atoms with Crippen LogP contribution >= 0.6 is 0 Å². The molecule has 3 aromatic carbocycles. The van der Waals surface area contributed by atoms with Gasteiger partial charge in [0.15, 0.2) is 17.6 Å². The fourth-order valence-electron chi connectivity index (χ4n) is 4.34. The van der Waals surface area contributed by atoms with Crippen LogP contribution in [0.5, 0.6) is 11.5 Å². The Kier molecular flexibility index (Phi) is 6.23. The Labute approximate surface area is 183 Å². The first-order valence-corrected chi connectivity index (χ1v) is 10.4. The molecule has 1 aliphatic heterocycles. The van der Waals surface area contributed by atoms with Crippen molar-refractivity contribution >= 4 is 5.91 Å². The lowest BCUT2D eigenvalue weighted by Gasteiger charge is -2.39. The zero-order valence-corrected chi connectivity index (χ0v) is 18.1. The van der Waals surface area contributed by atoms with Gasteiger partial charge in [0.05, 0.1) is 20.3 Å². The maximum Gasteiger partial charge on any atom is 0.257 e. The van der Waals surface area contributed by atoms with Crippen LogP contribution in [0.2, 0.25) is 0 Å². The van der Waals surface area contributed by atoms with Gasteiger partial charge in [-0.05, 0) is 40.8 Å². The monoisotopic (exact) mass is 417 g/mol. The molecule has 5 nitrogen and oxygen atoms in total. The number of amides is 1. The zero-order chi connectivity index (χ0) is 21.8. The normalized spacial score (nSPS) is 16.4. The molecule has 0 radical (unpaired) electrons. The molecule has 0 aliphatic carbocycles. The first-order chi connectivity index (χ1) is 15.2. The number of nitrogens with zero attached hydrogens (tertiary/aromatic N) is 1. The fourth-order valence-corrected chi connectivity index (χ4v) is 4.34. The largest absolute Gasteiger partial charge is 0.493 e. The van der Waals surface area contributed by atoms with E-state index in [2.05, 4.69) is 12.1 Å². The summed E-state index contributed by atoms with van der Waals surface area (Å²) in [7, 11) is 4.85. The average molecular weight is 418 g/mol. The summed E-state index contributed by atoms with van der Waals surface area (Å²) in [6.45, 7) is 0.591. The molecular formula is C26H27NO4. The van der Waals surface area contributed by atoms with Crippen LogP contribution in [0.1, 0.15) is 34.4 Å². The van der Waals surface area contributed by atoms with Gasteiger partial charge in [0.1, 0.15) is 0 Å². The minimum atomic E-state index is -0.658. The van der Waals surface area contributed by atoms with Crippen LogP contribution in [0.3, 0.4) is 0 Å². The highest BCUT2D eigenvalue weighted by Crippen LogP contribution is 2.42. The second-order valence-electron chi connectivity index (χ2n) is 7.53. The van der Waals surface area contributed by atoms with Crippen molar-refractivity contribution in [1.29, 1.82) is 0 Å². The van der Waals surface area contributed by atoms with E-state index in [-0.39, 0.29) is 11.9 Å². The van der Waals surface area contributed by atoms with Crippen LogP contribution in [-0.4, -0.2) is 38.7 Å². The average Bonchev–Trinajstić information content (AvgIpc) is 2.83. The highest BCUT2D eigenvalue weighted by molar-refractivity contribution is 5.83. The number of carbonyl (C=O) groups is 1. The lowest BCUT2D eigenvalue weighted by atomic mass is 9.87. The predicted molar refractivity (Wildman–Crippen MR) is 119 cm³/mol. The minimum absolute atomic E-state index is 0.0528. The summed E-state index contributed by atoms with van der Waals surface area (Å²) in [5.74, 6) is 1.30. The molecule has 5 heteroatoms. The Morgan fingerprint density at radius 3 is 2.13 bits per heavy atom. The van der Waals surface area contributed by atoms with E-state index in [4.69, 9.17) is 14.2 Å². The molecule has 2 atom stereocenters. The molecule has 1 amide bonds. The van der Waals surface area contributed by atoms with Gasteiger partial charge in [0, 0.05) is 13.7 Å². The molecule has 0 fully saturated rings. The number of benzene rings is 3. The third-order valence-electron chi connectivity index (χ3n) is 5.83. The molecule has 1 aliphatic rings. The molecule has 0 unspecified atom stereocenters. The van der Waals surface area contributed by atoms with Gasteiger partial charge >= 0.3 is 0 Å². The molecule has 1 heterocycles. The fraction of sp³-hybridized carbons (Fsp3) is 0.269. The van der Waals surface area contributed by atoms with E-state index in [9.17, 15) is 4.79 Å². The molecule has 0 aromatic heterocycles. The van der Waals surface area contributed by atoms with Gasteiger partial charge < -0.3 is 19.1 Å². The zero-order valence-electron chi connectivity index (χ0n) is 18.1. The summed E-state index contributed by atoms with van der Waals surface area (Å²) in [4.78, 5) is 15.7. The molecule has 0 N–H and O–H groups in total. The van der Waals surface area contributed by atoms with Crippen molar-refractivity contribution in [2.75, 3.05) is 27.9 Å². The van der Waals surface area contributed by atoms with Crippen molar-refractivity contribution in [3.05, 3.63) is 95.1 Å². The third-order valence-corrected chi connectivity index (χ3v) is 5.83. The molecule has 0 spiro atoms. The molecular weight excluding hydrogens is 390 g/mol. The summed E-state index contributed by atoms with van der Waals surface area (Å²) < 4.78 is 16.7. The van der Waals surface area contributed by atoms with Gasteiger partial charge in [-0.25, -0.2) is 0 Å². The Bertz CT molecular complexity index is 1040. The Morgan fingerprint density at radius 1 is 0.903 bits per heavy atom. The van der Waals surface area contributed by atoms with Gasteiger partial charge in [0.2, 0.25) is 0 Å². The summed E-state index contributed by atoms with van der Waals surface area (Å²) in [6.07, 6.45) is 0.0739. The first kappa shape index (κ1) is 20.9. The maximum atomic E-state index is 13.7. The second-order valence-corrected chi connectivity index (χ2v) is 7.53. The van der Waals surface area contributed by atoms with E-state index in [0.29, 0.717) is 18.0 Å². The molecule has 3 aromatic rings. The summed E-state index contributed by atoms with van der Waals surface area (Å²) in [5, 5.41) is 0. The van der Waals surface area contributed by atoms with Crippen molar-refractivity contribution in [1.82, 2.24) is 4.90 Å². The smallest absolute Gasteiger partial charge is 0.257 e. The van der Waals surface area contributed by atoms with E-state index >= 15 is 0 Å². The highest BCUT2D eigenvalue weighted by Gasteiger charge is 2.36. The third kappa shape index (κ3) is 4.01. The number of hydrogen-bond donors (Lipinski definition) is 0. The van der Waals surface area contributed by atoms with Crippen LogP contribution in [0.15, 0.2) is 72.8 Å². The molecule has 0 saturated heterocycles. The van der Waals surface area contributed by atoms with Crippen LogP contribution in [0.25, 0.3) is 0 Å². The van der Waals surface area contributed by atoms with E-state index in [0.717, 1.165) is 28.7 Å². The van der Waals surface area contributed by atoms with Gasteiger partial charge in [0.25, 0.3) is 5.91 Å². The minimum Gasteiger partial charge on any atom is -0.493 e. The maximum absolute atomic E-state index is 13.7. The van der Waals surface area contributed by atoms with Crippen molar-refractivity contribution < 1.29 is 19.0 Å². The van der Waals surface area contributed by atoms with Crippen LogP contribution in [-0.2, 0) is 16.0 Å². The van der Waals surface area contributed by atoms with Crippen molar-refractivity contribution in [3.63, 3.8) is 0 Å². The standard InChI is InChI=1S/C26H27NO4/c1-29-22-16-20-14-15-27(26(28)25(31-3)19-12-8-5-9-13-19)24(18-10-6-4-7-11-18)21(20)17-23(22)30-2/h4-13,16-17,24-25H,14-15H2,1-3H3/t24-,25-/m0/s1. The molecule has 0 saturated carbocycles. The van der Waals surface area contributed by atoms with E-state index < -0.39 is 6.10 Å². The van der Waals surface area contributed by atoms with E-state index in [1.807, 2.05) is 65.6 Å². The number of rotatable bonds is 6. The van der Waals surface area contributed by atoms with Gasteiger partial charge in [-0.3, -0.25) is 4.79 Å². The topological polar surface area (TPSA) is 48.0 Å².